The van der Waals surface area contributed by atoms with Gasteiger partial charge in [0.15, 0.2) is 5.11 Å². The summed E-state index contributed by atoms with van der Waals surface area (Å²) < 4.78 is 5.14. The Morgan fingerprint density at radius 2 is 1.34 bits per heavy atom. The number of thiocarbonyl (C=S) groups is 1. The number of ether oxygens (including phenoxy) is 1. The number of hydrazine groups is 1. The number of amides is 3. The van der Waals surface area contributed by atoms with Gasteiger partial charge in [0.2, 0.25) is 0 Å². The molecule has 162 valence electrons. The van der Waals surface area contributed by atoms with E-state index in [9.17, 15) is 14.4 Å². The van der Waals surface area contributed by atoms with E-state index < -0.39 is 11.8 Å². The minimum Gasteiger partial charge on any atom is -0.496 e. The Morgan fingerprint density at radius 3 is 2.03 bits per heavy atom. The van der Waals surface area contributed by atoms with Gasteiger partial charge in [0.05, 0.1) is 12.7 Å². The molecule has 3 rings (SSSR count). The number of methoxy groups -OCH3 is 1. The highest BCUT2D eigenvalue weighted by Gasteiger charge is 2.13. The van der Waals surface area contributed by atoms with Gasteiger partial charge in [-0.2, -0.15) is 0 Å². The van der Waals surface area contributed by atoms with E-state index in [0.717, 1.165) is 0 Å². The molecule has 0 fully saturated rings. The fraction of sp³-hybridized carbons (Fsp3) is 0.0435. The highest BCUT2D eigenvalue weighted by Crippen LogP contribution is 2.16. The Kier molecular flexibility index (Phi) is 7.50. The zero-order valence-corrected chi connectivity index (χ0v) is 17.9. The first-order valence-electron chi connectivity index (χ1n) is 9.49. The minimum atomic E-state index is -0.479. The molecule has 0 unspecified atom stereocenters. The quantitative estimate of drug-likeness (QED) is 0.353. The molecule has 0 aromatic heterocycles. The fourth-order valence-electron chi connectivity index (χ4n) is 2.72. The summed E-state index contributed by atoms with van der Waals surface area (Å²) in [4.78, 5) is 36.8. The van der Waals surface area contributed by atoms with E-state index in [0.29, 0.717) is 28.1 Å². The van der Waals surface area contributed by atoms with Crippen molar-refractivity contribution in [3.63, 3.8) is 0 Å². The first-order chi connectivity index (χ1) is 15.5. The Balaban J connectivity index is 1.50. The van der Waals surface area contributed by atoms with Gasteiger partial charge >= 0.3 is 0 Å². The van der Waals surface area contributed by atoms with Crippen molar-refractivity contribution in [2.75, 3.05) is 12.4 Å². The molecule has 0 heterocycles. The van der Waals surface area contributed by atoms with Crippen molar-refractivity contribution >= 4 is 40.7 Å². The van der Waals surface area contributed by atoms with Crippen LogP contribution in [0.25, 0.3) is 0 Å². The topological polar surface area (TPSA) is 109 Å². The molecule has 8 nitrogen and oxygen atoms in total. The molecule has 4 N–H and O–H groups in total. The first-order valence-corrected chi connectivity index (χ1v) is 9.90. The summed E-state index contributed by atoms with van der Waals surface area (Å²) in [5.41, 5.74) is 6.59. The number of anilines is 1. The largest absolute Gasteiger partial charge is 0.496 e. The standard InChI is InChI=1S/C23H20N4O4S/c1-31-19-10-6-5-9-18(19)22(30)25-23(32)27-26-21(29)16-11-13-17(14-12-16)24-20(28)15-7-3-2-4-8-15/h2-14H,1H3,(H,24,28)(H,26,29)(H2,25,27,30,32). The first kappa shape index (κ1) is 22.4. The van der Waals surface area contributed by atoms with Crippen LogP contribution in [-0.2, 0) is 0 Å². The number of hydrogen-bond acceptors (Lipinski definition) is 5. The highest BCUT2D eigenvalue weighted by atomic mass is 32.1. The number of carbonyl (C=O) groups excluding carboxylic acids is 3. The molecule has 3 amide bonds. The number of nitrogens with one attached hydrogen (secondary N) is 4. The highest BCUT2D eigenvalue weighted by molar-refractivity contribution is 7.80. The van der Waals surface area contributed by atoms with Gasteiger partial charge in [-0.25, -0.2) is 0 Å². The van der Waals surface area contributed by atoms with Crippen molar-refractivity contribution in [1.29, 1.82) is 0 Å². The van der Waals surface area contributed by atoms with Crippen molar-refractivity contribution in [3.8, 4) is 5.75 Å². The second-order valence-corrected chi connectivity index (χ2v) is 6.87. The summed E-state index contributed by atoms with van der Waals surface area (Å²) in [6, 6.07) is 21.8. The predicted octanol–water partition coefficient (Wildman–Crippen LogP) is 2.90. The molecule has 9 heteroatoms. The maximum absolute atomic E-state index is 12.3. The van der Waals surface area contributed by atoms with E-state index in [4.69, 9.17) is 17.0 Å². The zero-order valence-electron chi connectivity index (χ0n) is 17.0. The smallest absolute Gasteiger partial charge is 0.269 e. The Labute approximate surface area is 189 Å². The molecule has 3 aromatic carbocycles. The summed E-state index contributed by atoms with van der Waals surface area (Å²) in [7, 11) is 1.46. The fourth-order valence-corrected chi connectivity index (χ4v) is 2.86. The lowest BCUT2D eigenvalue weighted by Crippen LogP contribution is -2.48. The van der Waals surface area contributed by atoms with Crippen molar-refractivity contribution in [2.45, 2.75) is 0 Å². The van der Waals surface area contributed by atoms with Crippen LogP contribution in [0.15, 0.2) is 78.9 Å². The van der Waals surface area contributed by atoms with Gasteiger partial charge in [0.25, 0.3) is 17.7 Å². The van der Waals surface area contributed by atoms with Crippen molar-refractivity contribution in [2.24, 2.45) is 0 Å². The average molecular weight is 449 g/mol. The third-order valence-corrected chi connectivity index (χ3v) is 4.51. The molecular formula is C23H20N4O4S. The molecule has 0 atom stereocenters. The Hall–Kier alpha value is -4.24. The maximum Gasteiger partial charge on any atom is 0.269 e. The lowest BCUT2D eigenvalue weighted by atomic mass is 10.1. The molecular weight excluding hydrogens is 428 g/mol. The van der Waals surface area contributed by atoms with Gasteiger partial charge in [0, 0.05) is 16.8 Å². The SMILES string of the molecule is COc1ccccc1C(=O)NC(=S)NNC(=O)c1ccc(NC(=O)c2ccccc2)cc1. The van der Waals surface area contributed by atoms with Gasteiger partial charge in [-0.3, -0.25) is 30.6 Å². The zero-order chi connectivity index (χ0) is 22.9. The van der Waals surface area contributed by atoms with Crippen LogP contribution in [0.4, 0.5) is 5.69 Å². The molecule has 0 spiro atoms. The van der Waals surface area contributed by atoms with Crippen LogP contribution >= 0.6 is 12.2 Å². The van der Waals surface area contributed by atoms with Gasteiger partial charge in [-0.15, -0.1) is 0 Å². The van der Waals surface area contributed by atoms with Crippen LogP contribution < -0.4 is 26.2 Å². The Bertz CT molecular complexity index is 1130. The molecule has 0 aliphatic heterocycles. The third-order valence-electron chi connectivity index (χ3n) is 4.31. The van der Waals surface area contributed by atoms with E-state index in [1.807, 2.05) is 6.07 Å². The van der Waals surface area contributed by atoms with Crippen molar-refractivity contribution in [1.82, 2.24) is 16.2 Å². The monoisotopic (exact) mass is 448 g/mol. The lowest BCUT2D eigenvalue weighted by Gasteiger charge is -2.12. The van der Waals surface area contributed by atoms with Crippen molar-refractivity contribution in [3.05, 3.63) is 95.6 Å². The lowest BCUT2D eigenvalue weighted by molar-refractivity contribution is 0.0934. The number of hydrogen-bond donors (Lipinski definition) is 4. The van der Waals surface area contributed by atoms with E-state index in [2.05, 4.69) is 21.5 Å². The molecule has 0 saturated heterocycles. The Morgan fingerprint density at radius 1 is 0.719 bits per heavy atom. The second kappa shape index (κ2) is 10.7. The number of rotatable bonds is 5. The van der Waals surface area contributed by atoms with E-state index in [1.54, 1.807) is 72.8 Å². The van der Waals surface area contributed by atoms with Crippen molar-refractivity contribution < 1.29 is 19.1 Å². The van der Waals surface area contributed by atoms with Gasteiger partial charge in [-0.05, 0) is 60.7 Å². The van der Waals surface area contributed by atoms with E-state index in [1.165, 1.54) is 7.11 Å². The van der Waals surface area contributed by atoms with Crippen LogP contribution in [-0.4, -0.2) is 29.9 Å². The summed E-state index contributed by atoms with van der Waals surface area (Å²) in [5, 5.41) is 5.14. The molecule has 32 heavy (non-hydrogen) atoms. The number of para-hydroxylation sites is 1. The normalized spacial score (nSPS) is 9.91. The summed E-state index contributed by atoms with van der Waals surface area (Å²) in [6.07, 6.45) is 0. The minimum absolute atomic E-state index is 0.0824. The van der Waals surface area contributed by atoms with E-state index in [-0.39, 0.29) is 11.0 Å². The van der Waals surface area contributed by atoms with Crippen LogP contribution in [0, 0.1) is 0 Å². The second-order valence-electron chi connectivity index (χ2n) is 6.46. The maximum atomic E-state index is 12.3. The van der Waals surface area contributed by atoms with Crippen LogP contribution in [0.2, 0.25) is 0 Å². The number of carbonyl (C=O) groups is 3. The summed E-state index contributed by atoms with van der Waals surface area (Å²) in [6.45, 7) is 0. The molecule has 0 saturated carbocycles. The van der Waals surface area contributed by atoms with Gasteiger partial charge in [-0.1, -0.05) is 30.3 Å². The average Bonchev–Trinajstić information content (AvgIpc) is 2.83. The molecule has 0 aliphatic rings. The van der Waals surface area contributed by atoms with Crippen LogP contribution in [0.1, 0.15) is 31.1 Å². The van der Waals surface area contributed by atoms with E-state index >= 15 is 0 Å². The molecule has 0 radical (unpaired) electrons. The molecule has 0 bridgehead atoms. The number of benzene rings is 3. The van der Waals surface area contributed by atoms with Crippen LogP contribution in [0.3, 0.4) is 0 Å². The molecule has 3 aromatic rings. The van der Waals surface area contributed by atoms with Crippen LogP contribution in [0.5, 0.6) is 5.75 Å². The van der Waals surface area contributed by atoms with Gasteiger partial charge in [0.1, 0.15) is 5.75 Å². The molecule has 0 aliphatic carbocycles. The summed E-state index contributed by atoms with van der Waals surface area (Å²) in [5.74, 6) is -0.801. The predicted molar refractivity (Wildman–Crippen MR) is 124 cm³/mol. The van der Waals surface area contributed by atoms with Gasteiger partial charge < -0.3 is 10.1 Å². The summed E-state index contributed by atoms with van der Waals surface area (Å²) >= 11 is 5.05. The third kappa shape index (κ3) is 5.89.